The number of benzene rings is 1. The number of aryl methyl sites for hydroxylation is 1. The van der Waals surface area contributed by atoms with E-state index in [1.165, 1.54) is 20.2 Å². The Morgan fingerprint density at radius 3 is 2.83 bits per heavy atom. The molecule has 202 valence electrons. The van der Waals surface area contributed by atoms with Crippen LogP contribution in [-0.2, 0) is 30.4 Å². The van der Waals surface area contributed by atoms with Gasteiger partial charge in [-0.25, -0.2) is 14.2 Å². The molecule has 0 saturated heterocycles. The molecule has 6 heterocycles. The first kappa shape index (κ1) is 24.1. The maximum Gasteiger partial charge on any atom is 0.436 e. The summed E-state index contributed by atoms with van der Waals surface area (Å²) in [5, 5.41) is 13.2. The Hall–Kier alpha value is -4.95. The largest absolute Gasteiger partial charge is 0.436 e. The van der Waals surface area contributed by atoms with Gasteiger partial charge in [0.2, 0.25) is 11.4 Å². The van der Waals surface area contributed by atoms with Crippen molar-refractivity contribution in [3.8, 4) is 11.4 Å². The Balaban J connectivity index is 1.45. The van der Waals surface area contributed by atoms with Gasteiger partial charge in [0.25, 0.3) is 11.8 Å². The van der Waals surface area contributed by atoms with Gasteiger partial charge < -0.3 is 23.6 Å². The number of nitrogens with zero attached hydrogens (tertiary/aromatic N) is 6. The van der Waals surface area contributed by atoms with E-state index in [1.54, 1.807) is 12.3 Å². The zero-order chi connectivity index (χ0) is 27.4. The van der Waals surface area contributed by atoms with Crippen molar-refractivity contribution in [1.82, 2.24) is 45.2 Å². The van der Waals surface area contributed by atoms with E-state index in [1.807, 2.05) is 24.3 Å². The van der Waals surface area contributed by atoms with E-state index in [4.69, 9.17) is 13.7 Å². The Morgan fingerprint density at radius 2 is 2.05 bits per heavy atom. The normalized spacial score (nSPS) is 18.8. The molecule has 14 heteroatoms. The average Bonchev–Trinajstić information content (AvgIpc) is 3.76. The molecule has 0 radical (unpaired) electrons. The summed E-state index contributed by atoms with van der Waals surface area (Å²) in [5.74, 6) is -0.0852. The van der Waals surface area contributed by atoms with Gasteiger partial charge in [-0.1, -0.05) is 23.4 Å². The maximum atomic E-state index is 13.5. The number of ether oxygens (including phenoxy) is 1. The first-order chi connectivity index (χ1) is 19.5. The molecular weight excluding hydrogens is 521 g/mol. The van der Waals surface area contributed by atoms with Crippen molar-refractivity contribution in [2.24, 2.45) is 7.05 Å². The number of imidazole rings is 1. The molecule has 1 aromatic carbocycles. The van der Waals surface area contributed by atoms with Gasteiger partial charge in [-0.2, -0.15) is 9.67 Å². The highest BCUT2D eigenvalue weighted by atomic mass is 19.1. The molecule has 1 unspecified atom stereocenters. The summed E-state index contributed by atoms with van der Waals surface area (Å²) in [6, 6.07) is 10.3. The average molecular weight is 544 g/mol. The van der Waals surface area contributed by atoms with Gasteiger partial charge in [-0.3, -0.25) is 10.3 Å². The molecule has 0 aliphatic carbocycles. The van der Waals surface area contributed by atoms with Crippen LogP contribution in [0.3, 0.4) is 0 Å². The SMILES string of the molecule is COCc1nc(C2(c3nn(C)c(=O)o3)N[C@@H](c3ncc(-c4ccc(F)cn4)[nH]3)Cc3c2[nH]c2ccccc32)no1. The third-order valence-electron chi connectivity index (χ3n) is 7.00. The number of para-hydroxylation sites is 1. The van der Waals surface area contributed by atoms with Crippen molar-refractivity contribution >= 4 is 10.9 Å². The smallest absolute Gasteiger partial charge is 0.389 e. The van der Waals surface area contributed by atoms with Gasteiger partial charge in [-0.15, -0.1) is 5.10 Å². The summed E-state index contributed by atoms with van der Waals surface area (Å²) in [5.41, 5.74) is 2.14. The molecule has 40 heavy (non-hydrogen) atoms. The Bertz CT molecular complexity index is 1900. The summed E-state index contributed by atoms with van der Waals surface area (Å²) >= 11 is 0. The molecule has 7 rings (SSSR count). The van der Waals surface area contributed by atoms with E-state index < -0.39 is 23.2 Å². The molecule has 2 atom stereocenters. The molecular formula is C26H22FN9O4. The third kappa shape index (κ3) is 3.68. The van der Waals surface area contributed by atoms with Crippen LogP contribution in [0.15, 0.2) is 62.5 Å². The van der Waals surface area contributed by atoms with Gasteiger partial charge in [0.1, 0.15) is 18.2 Å². The molecule has 3 N–H and O–H groups in total. The van der Waals surface area contributed by atoms with Crippen LogP contribution in [-0.4, -0.2) is 47.0 Å². The van der Waals surface area contributed by atoms with E-state index in [0.29, 0.717) is 29.3 Å². The standard InChI is InChI=1S/C26H22FN9O4/c1-36-25(37)39-24(34-36)26(23-32-20(12-38-2)40-35-23)21-15(14-5-3-4-6-16(14)30-21)9-18(33-26)22-29-11-19(31-22)17-8-7-13(27)10-28-17/h3-8,10-11,18,30,33H,9,12H2,1-2H3,(H,29,31)/t18-,26?/m1/s1. The van der Waals surface area contributed by atoms with Crippen molar-refractivity contribution in [1.29, 1.82) is 0 Å². The Morgan fingerprint density at radius 1 is 1.18 bits per heavy atom. The minimum absolute atomic E-state index is 0.0225. The van der Waals surface area contributed by atoms with Crippen LogP contribution in [0.25, 0.3) is 22.3 Å². The highest BCUT2D eigenvalue weighted by Crippen LogP contribution is 2.45. The topological polar surface area (TPSA) is 166 Å². The minimum atomic E-state index is -1.46. The summed E-state index contributed by atoms with van der Waals surface area (Å²) in [4.78, 5) is 32.7. The number of hydrogen-bond donors (Lipinski definition) is 3. The van der Waals surface area contributed by atoms with Crippen LogP contribution in [0, 0.1) is 5.82 Å². The lowest BCUT2D eigenvalue weighted by Crippen LogP contribution is -2.52. The molecule has 1 aliphatic rings. The second-order valence-corrected chi connectivity index (χ2v) is 9.46. The number of hydrogen-bond acceptors (Lipinski definition) is 10. The molecule has 0 spiro atoms. The second-order valence-electron chi connectivity index (χ2n) is 9.46. The lowest BCUT2D eigenvalue weighted by molar-refractivity contribution is 0.151. The van der Waals surface area contributed by atoms with E-state index >= 15 is 0 Å². The number of aromatic amines is 2. The first-order valence-electron chi connectivity index (χ1n) is 12.4. The van der Waals surface area contributed by atoms with Gasteiger partial charge in [0, 0.05) is 25.1 Å². The summed E-state index contributed by atoms with van der Waals surface area (Å²) in [7, 11) is 3.02. The molecule has 0 saturated carbocycles. The number of halogens is 1. The van der Waals surface area contributed by atoms with Gasteiger partial charge in [0.15, 0.2) is 0 Å². The zero-order valence-corrected chi connectivity index (χ0v) is 21.3. The number of pyridine rings is 1. The predicted molar refractivity (Wildman–Crippen MR) is 136 cm³/mol. The van der Waals surface area contributed by atoms with Gasteiger partial charge in [0.05, 0.1) is 35.5 Å². The number of rotatable bonds is 6. The van der Waals surface area contributed by atoms with E-state index in [-0.39, 0.29) is 24.2 Å². The predicted octanol–water partition coefficient (Wildman–Crippen LogP) is 2.49. The summed E-state index contributed by atoms with van der Waals surface area (Å²) < 4.78 is 30.9. The molecule has 6 aromatic rings. The van der Waals surface area contributed by atoms with Crippen molar-refractivity contribution in [2.45, 2.75) is 24.6 Å². The van der Waals surface area contributed by atoms with Crippen LogP contribution in [0.5, 0.6) is 0 Å². The Kier molecular flexibility index (Phi) is 5.47. The van der Waals surface area contributed by atoms with E-state index in [9.17, 15) is 9.18 Å². The number of fused-ring (bicyclic) bond motifs is 3. The molecule has 1 aliphatic heterocycles. The Labute approximate surface area is 224 Å². The van der Waals surface area contributed by atoms with Crippen molar-refractivity contribution in [3.05, 3.63) is 99.8 Å². The maximum absolute atomic E-state index is 13.5. The number of aromatic nitrogens is 8. The lowest BCUT2D eigenvalue weighted by Gasteiger charge is -2.37. The van der Waals surface area contributed by atoms with Gasteiger partial charge >= 0.3 is 5.76 Å². The summed E-state index contributed by atoms with van der Waals surface area (Å²) in [6.07, 6.45) is 3.29. The quantitative estimate of drug-likeness (QED) is 0.284. The van der Waals surface area contributed by atoms with E-state index in [0.717, 1.165) is 27.3 Å². The van der Waals surface area contributed by atoms with E-state index in [2.05, 4.69) is 40.5 Å². The highest BCUT2D eigenvalue weighted by Gasteiger charge is 2.53. The molecule has 13 nitrogen and oxygen atoms in total. The molecule has 0 fully saturated rings. The number of nitrogens with one attached hydrogen (secondary N) is 3. The molecule has 5 aromatic heterocycles. The third-order valence-corrected chi connectivity index (χ3v) is 7.00. The second kappa shape index (κ2) is 9.07. The van der Waals surface area contributed by atoms with Crippen LogP contribution < -0.4 is 11.1 Å². The fraction of sp³-hybridized carbons (Fsp3) is 0.231. The summed E-state index contributed by atoms with van der Waals surface area (Å²) in [6.45, 7) is 0.0877. The monoisotopic (exact) mass is 543 g/mol. The van der Waals surface area contributed by atoms with Crippen molar-refractivity contribution in [2.75, 3.05) is 7.11 Å². The van der Waals surface area contributed by atoms with Crippen molar-refractivity contribution in [3.63, 3.8) is 0 Å². The van der Waals surface area contributed by atoms with Crippen LogP contribution in [0.4, 0.5) is 4.39 Å². The zero-order valence-electron chi connectivity index (χ0n) is 21.3. The first-order valence-corrected chi connectivity index (χ1v) is 12.4. The van der Waals surface area contributed by atoms with Crippen LogP contribution >= 0.6 is 0 Å². The molecule has 0 bridgehead atoms. The van der Waals surface area contributed by atoms with Crippen molar-refractivity contribution < 1.29 is 18.1 Å². The van der Waals surface area contributed by atoms with Crippen LogP contribution in [0.1, 0.15) is 40.7 Å². The minimum Gasteiger partial charge on any atom is -0.389 e. The number of H-pyrrole nitrogens is 2. The fourth-order valence-electron chi connectivity index (χ4n) is 5.19. The fourth-order valence-corrected chi connectivity index (χ4v) is 5.19. The number of methoxy groups -OCH3 is 1. The van der Waals surface area contributed by atoms with Crippen LogP contribution in [0.2, 0.25) is 0 Å². The van der Waals surface area contributed by atoms with Gasteiger partial charge in [-0.05, 0) is 30.2 Å². The lowest BCUT2D eigenvalue weighted by atomic mass is 9.82. The molecule has 0 amide bonds. The highest BCUT2D eigenvalue weighted by molar-refractivity contribution is 5.86.